The van der Waals surface area contributed by atoms with Crippen LogP contribution in [0.5, 0.6) is 0 Å². The first-order chi connectivity index (χ1) is 1.73. The van der Waals surface area contributed by atoms with Gasteiger partial charge in [-0.3, -0.25) is 0 Å². The Hall–Kier alpha value is 1.35. The Morgan fingerprint density at radius 2 is 1.00 bits per heavy atom. The Labute approximate surface area is 64.2 Å². The van der Waals surface area contributed by atoms with Crippen molar-refractivity contribution in [3.05, 3.63) is 0 Å². The normalized spacial score (nSPS) is 4.80. The van der Waals surface area contributed by atoms with Gasteiger partial charge in [0.15, 0.2) is 0 Å². The fraction of sp³-hybridized carbons (Fsp3) is 0. The molecule has 0 bridgehead atoms. The zero-order valence-corrected chi connectivity index (χ0v) is 3.64. The topological polar surface area (TPSA) is 51.2 Å². The molecule has 0 aromatic rings. The molecule has 0 radical (unpaired) electrons. The summed E-state index contributed by atoms with van der Waals surface area (Å²) in [6.45, 7) is 0. The molecule has 3 nitrogen and oxygen atoms in total. The molecule has 5 heavy (non-hydrogen) atoms. The van der Waals surface area contributed by atoms with Crippen LogP contribution in [-0.4, -0.2) is 37.7 Å². The third kappa shape index (κ3) is 33.0. The minimum absolute atomic E-state index is 0. The molecule has 0 atom stereocenters. The second-order valence-corrected chi connectivity index (χ2v) is 1.21. The van der Waals surface area contributed by atoms with Crippen molar-refractivity contribution in [3.63, 3.8) is 0 Å². The van der Waals surface area contributed by atoms with Gasteiger partial charge in [-0.25, -0.2) is 0 Å². The molecule has 0 saturated heterocycles. The van der Waals surface area contributed by atoms with Crippen LogP contribution in [0.4, 0.5) is 0 Å². The molecule has 0 heterocycles. The van der Waals surface area contributed by atoms with Crippen LogP contribution in [0.2, 0.25) is 0 Å². The Morgan fingerprint density at radius 1 is 1.00 bits per heavy atom. The molecule has 0 spiro atoms. The molecule has 0 aromatic heterocycles. The van der Waals surface area contributed by atoms with Crippen molar-refractivity contribution >= 4 is 37.7 Å². The summed E-state index contributed by atoms with van der Waals surface area (Å²) < 4.78 is 25.8. The molecule has 0 amide bonds. The van der Waals surface area contributed by atoms with Gasteiger partial charge in [0.2, 0.25) is 0 Å². The van der Waals surface area contributed by atoms with Gasteiger partial charge >= 0.3 is 65.1 Å². The third-order valence-corrected chi connectivity index (χ3v) is 0. The van der Waals surface area contributed by atoms with Crippen molar-refractivity contribution in [3.8, 4) is 0 Å². The van der Waals surface area contributed by atoms with Gasteiger partial charge in [-0.05, 0) is 0 Å². The quantitative estimate of drug-likeness (QED) is 0.443. The van der Waals surface area contributed by atoms with Gasteiger partial charge in [-0.15, -0.1) is 0 Å². The van der Waals surface area contributed by atoms with Gasteiger partial charge in [0, 0.05) is 0 Å². The van der Waals surface area contributed by atoms with Crippen molar-refractivity contribution in [1.29, 1.82) is 0 Å². The first-order valence-corrected chi connectivity index (χ1v) is 2.96. The van der Waals surface area contributed by atoms with Crippen LogP contribution in [0.3, 0.4) is 0 Å². The SMILES string of the molecule is [CaH2].[O]=[Mo](=[O])=[O]. The number of hydrogen-bond acceptors (Lipinski definition) is 3. The van der Waals surface area contributed by atoms with Crippen LogP contribution in [0, 0.1) is 0 Å². The monoisotopic (exact) mass is 188 g/mol. The van der Waals surface area contributed by atoms with E-state index >= 15 is 0 Å². The zero-order valence-electron chi connectivity index (χ0n) is 1.63. The summed E-state index contributed by atoms with van der Waals surface area (Å²) in [6, 6.07) is 0. The van der Waals surface area contributed by atoms with E-state index in [-0.39, 0.29) is 37.7 Å². The second-order valence-electron chi connectivity index (χ2n) is 0.204. The first kappa shape index (κ1) is 9.60. The molecule has 0 aromatic carbocycles. The van der Waals surface area contributed by atoms with Crippen molar-refractivity contribution in [2.24, 2.45) is 0 Å². The minimum atomic E-state index is -4.11. The van der Waals surface area contributed by atoms with E-state index in [0.717, 1.165) is 0 Å². The van der Waals surface area contributed by atoms with E-state index in [1.54, 1.807) is 0 Å². The van der Waals surface area contributed by atoms with Crippen LogP contribution in [0.25, 0.3) is 0 Å². The molecule has 28 valence electrons. The molecule has 0 aliphatic rings. The molecule has 0 rings (SSSR count). The summed E-state index contributed by atoms with van der Waals surface area (Å²) in [5, 5.41) is 0. The molecule has 0 N–H and O–H groups in total. The summed E-state index contributed by atoms with van der Waals surface area (Å²) in [5.74, 6) is 0. The fourth-order valence-corrected chi connectivity index (χ4v) is 0. The maximum absolute atomic E-state index is 8.59. The van der Waals surface area contributed by atoms with E-state index in [2.05, 4.69) is 0 Å². The summed E-state index contributed by atoms with van der Waals surface area (Å²) in [4.78, 5) is 0. The Balaban J connectivity index is 0. The van der Waals surface area contributed by atoms with E-state index < -0.39 is 17.2 Å². The zero-order chi connectivity index (χ0) is 3.58. The Morgan fingerprint density at radius 3 is 1.00 bits per heavy atom. The van der Waals surface area contributed by atoms with E-state index in [0.29, 0.717) is 0 Å². The average molecular weight is 186 g/mol. The van der Waals surface area contributed by atoms with Crippen molar-refractivity contribution in [1.82, 2.24) is 0 Å². The fourth-order valence-electron chi connectivity index (χ4n) is 0. The molecule has 0 aliphatic carbocycles. The van der Waals surface area contributed by atoms with Crippen LogP contribution in [0.15, 0.2) is 0 Å². The maximum atomic E-state index is 8.59. The summed E-state index contributed by atoms with van der Waals surface area (Å²) >= 11 is -4.11. The molecule has 0 saturated carbocycles. The van der Waals surface area contributed by atoms with Crippen molar-refractivity contribution in [2.75, 3.05) is 0 Å². The Bertz CT molecular complexity index is 76.3. The molecular weight excluding hydrogens is 184 g/mol. The van der Waals surface area contributed by atoms with E-state index in [9.17, 15) is 0 Å². The Kier molecular flexibility index (Phi) is 10.3. The van der Waals surface area contributed by atoms with Crippen LogP contribution >= 0.6 is 0 Å². The standard InChI is InChI=1S/Ca.Mo.3O.2H. The average Bonchev–Trinajstić information content (AvgIpc) is 0.811. The number of hydrogen-bond donors (Lipinski definition) is 0. The van der Waals surface area contributed by atoms with Crippen LogP contribution in [0.1, 0.15) is 0 Å². The van der Waals surface area contributed by atoms with E-state index in [1.807, 2.05) is 0 Å². The molecular formula is H2CaMoO3. The van der Waals surface area contributed by atoms with Crippen molar-refractivity contribution < 1.29 is 27.4 Å². The van der Waals surface area contributed by atoms with Gasteiger partial charge in [-0.2, -0.15) is 0 Å². The van der Waals surface area contributed by atoms with Gasteiger partial charge in [0.25, 0.3) is 0 Å². The van der Waals surface area contributed by atoms with Gasteiger partial charge < -0.3 is 0 Å². The molecule has 5 heteroatoms. The van der Waals surface area contributed by atoms with Gasteiger partial charge in [0.05, 0.1) is 0 Å². The van der Waals surface area contributed by atoms with Gasteiger partial charge in [0.1, 0.15) is 0 Å². The molecule has 0 aliphatic heterocycles. The predicted octanol–water partition coefficient (Wildman–Crippen LogP) is -1.28. The first-order valence-electron chi connectivity index (χ1n) is 0.500. The summed E-state index contributed by atoms with van der Waals surface area (Å²) in [5.41, 5.74) is 0. The molecule has 0 unspecified atom stereocenters. The second kappa shape index (κ2) is 5.35. The predicted molar refractivity (Wildman–Crippen MR) is 10.6 cm³/mol. The summed E-state index contributed by atoms with van der Waals surface area (Å²) in [6.07, 6.45) is 0. The van der Waals surface area contributed by atoms with Crippen molar-refractivity contribution in [2.45, 2.75) is 0 Å². The molecule has 0 fully saturated rings. The van der Waals surface area contributed by atoms with E-state index in [4.69, 9.17) is 10.2 Å². The van der Waals surface area contributed by atoms with Crippen LogP contribution < -0.4 is 0 Å². The summed E-state index contributed by atoms with van der Waals surface area (Å²) in [7, 11) is 0. The van der Waals surface area contributed by atoms with Crippen LogP contribution in [-0.2, 0) is 27.4 Å². The van der Waals surface area contributed by atoms with E-state index in [1.165, 1.54) is 0 Å². The third-order valence-electron chi connectivity index (χ3n) is 0. The van der Waals surface area contributed by atoms with Gasteiger partial charge in [-0.1, -0.05) is 0 Å². The number of rotatable bonds is 0.